The van der Waals surface area contributed by atoms with E-state index in [1.165, 1.54) is 12.8 Å². The molecule has 0 bridgehead atoms. The molecule has 0 aliphatic carbocycles. The van der Waals surface area contributed by atoms with Crippen molar-refractivity contribution in [2.45, 2.75) is 25.8 Å². The fraction of sp³-hybridized carbons (Fsp3) is 0.462. The summed E-state index contributed by atoms with van der Waals surface area (Å²) in [5, 5.41) is 0. The summed E-state index contributed by atoms with van der Waals surface area (Å²) < 4.78 is 5.87. The lowest BCUT2D eigenvalue weighted by Crippen LogP contribution is -2.16. The highest BCUT2D eigenvalue weighted by atomic mass is 16.3. The molecule has 84 valence electrons. The lowest BCUT2D eigenvalue weighted by Gasteiger charge is -2.16. The summed E-state index contributed by atoms with van der Waals surface area (Å²) in [6, 6.07) is 6.54. The van der Waals surface area contributed by atoms with Gasteiger partial charge in [-0.05, 0) is 45.5 Å². The molecular formula is C13H16N2O. The Bertz CT molecular complexity index is 518. The summed E-state index contributed by atoms with van der Waals surface area (Å²) in [4.78, 5) is 6.83. The van der Waals surface area contributed by atoms with Gasteiger partial charge in [-0.2, -0.15) is 0 Å². The van der Waals surface area contributed by atoms with Gasteiger partial charge in [0.25, 0.3) is 0 Å². The van der Waals surface area contributed by atoms with Crippen molar-refractivity contribution in [3.8, 4) is 0 Å². The number of hydrogen-bond donors (Lipinski definition) is 0. The van der Waals surface area contributed by atoms with Crippen LogP contribution in [0.2, 0.25) is 0 Å². The van der Waals surface area contributed by atoms with Crippen LogP contribution in [-0.4, -0.2) is 23.5 Å². The van der Waals surface area contributed by atoms with Crippen molar-refractivity contribution in [1.82, 2.24) is 9.88 Å². The molecule has 1 unspecified atom stereocenters. The Morgan fingerprint density at radius 2 is 2.31 bits per heavy atom. The molecule has 0 N–H and O–H groups in total. The zero-order valence-electron chi connectivity index (χ0n) is 9.73. The van der Waals surface area contributed by atoms with E-state index >= 15 is 0 Å². The van der Waals surface area contributed by atoms with Gasteiger partial charge in [-0.25, -0.2) is 4.98 Å². The Hall–Kier alpha value is -1.35. The van der Waals surface area contributed by atoms with Gasteiger partial charge in [-0.1, -0.05) is 0 Å². The summed E-state index contributed by atoms with van der Waals surface area (Å²) in [5.74, 6) is 1.06. The summed E-state index contributed by atoms with van der Waals surface area (Å²) in [5.41, 5.74) is 2.93. The molecule has 3 rings (SSSR count). The third-order valence-corrected chi connectivity index (χ3v) is 3.38. The molecule has 1 atom stereocenters. The maximum absolute atomic E-state index is 5.87. The Balaban J connectivity index is 2.04. The van der Waals surface area contributed by atoms with E-state index in [0.717, 1.165) is 29.1 Å². The average Bonchev–Trinajstić information content (AvgIpc) is 2.82. The average molecular weight is 216 g/mol. The Morgan fingerprint density at radius 3 is 3.06 bits per heavy atom. The maximum Gasteiger partial charge on any atom is 0.152 e. The van der Waals surface area contributed by atoms with Crippen LogP contribution in [0.5, 0.6) is 0 Å². The number of nitrogens with zero attached hydrogens (tertiary/aromatic N) is 2. The van der Waals surface area contributed by atoms with Crippen LogP contribution in [0.15, 0.2) is 22.6 Å². The van der Waals surface area contributed by atoms with Crippen molar-refractivity contribution in [3.05, 3.63) is 29.7 Å². The topological polar surface area (TPSA) is 29.3 Å². The second-order valence-corrected chi connectivity index (χ2v) is 4.62. The van der Waals surface area contributed by atoms with Gasteiger partial charge in [-0.15, -0.1) is 0 Å². The molecule has 3 heteroatoms. The molecule has 0 radical (unpaired) electrons. The first-order valence-electron chi connectivity index (χ1n) is 5.81. The standard InChI is InChI=1S/C13H16N2O/c1-9-5-6-12-10(14-9)8-13(16-12)11-4-3-7-15(11)2/h5-6,8,11H,3-4,7H2,1-2H3. The van der Waals surface area contributed by atoms with E-state index in [4.69, 9.17) is 4.42 Å². The highest BCUT2D eigenvalue weighted by Gasteiger charge is 2.25. The van der Waals surface area contributed by atoms with Gasteiger partial charge in [0.2, 0.25) is 0 Å². The molecule has 2 aromatic rings. The summed E-state index contributed by atoms with van der Waals surface area (Å²) >= 11 is 0. The van der Waals surface area contributed by atoms with E-state index in [2.05, 4.69) is 23.0 Å². The molecule has 1 aliphatic rings. The number of likely N-dealkylation sites (tertiary alicyclic amines) is 1. The van der Waals surface area contributed by atoms with Crippen LogP contribution >= 0.6 is 0 Å². The smallest absolute Gasteiger partial charge is 0.152 e. The summed E-state index contributed by atoms with van der Waals surface area (Å²) in [6.45, 7) is 3.17. The zero-order valence-corrected chi connectivity index (χ0v) is 9.73. The molecule has 0 amide bonds. The van der Waals surface area contributed by atoms with Crippen molar-refractivity contribution in [3.63, 3.8) is 0 Å². The molecule has 3 heterocycles. The minimum atomic E-state index is 0.439. The lowest BCUT2D eigenvalue weighted by molar-refractivity contribution is 0.281. The fourth-order valence-corrected chi connectivity index (χ4v) is 2.48. The van der Waals surface area contributed by atoms with E-state index in [0.29, 0.717) is 6.04 Å². The molecule has 0 spiro atoms. The minimum absolute atomic E-state index is 0.439. The third-order valence-electron chi connectivity index (χ3n) is 3.38. The molecule has 3 nitrogen and oxygen atoms in total. The maximum atomic E-state index is 5.87. The van der Waals surface area contributed by atoms with Gasteiger partial charge >= 0.3 is 0 Å². The van der Waals surface area contributed by atoms with Gasteiger partial charge in [-0.3, -0.25) is 4.90 Å². The van der Waals surface area contributed by atoms with Crippen LogP contribution in [0.3, 0.4) is 0 Å². The lowest BCUT2D eigenvalue weighted by atomic mass is 10.2. The van der Waals surface area contributed by atoms with Gasteiger partial charge < -0.3 is 4.42 Å². The van der Waals surface area contributed by atoms with Gasteiger partial charge in [0.1, 0.15) is 11.3 Å². The molecule has 1 saturated heterocycles. The third kappa shape index (κ3) is 1.52. The monoisotopic (exact) mass is 216 g/mol. The van der Waals surface area contributed by atoms with Crippen molar-refractivity contribution in [2.24, 2.45) is 0 Å². The van der Waals surface area contributed by atoms with E-state index in [-0.39, 0.29) is 0 Å². The van der Waals surface area contributed by atoms with Crippen LogP contribution in [0.4, 0.5) is 0 Å². The second kappa shape index (κ2) is 3.59. The molecule has 2 aromatic heterocycles. The number of fused-ring (bicyclic) bond motifs is 1. The predicted molar refractivity (Wildman–Crippen MR) is 63.4 cm³/mol. The first kappa shape index (κ1) is 9.85. The summed E-state index contributed by atoms with van der Waals surface area (Å²) in [6.07, 6.45) is 2.44. The second-order valence-electron chi connectivity index (χ2n) is 4.62. The molecule has 1 fully saturated rings. The van der Waals surface area contributed by atoms with Crippen molar-refractivity contribution < 1.29 is 4.42 Å². The normalized spacial score (nSPS) is 22.0. The molecule has 16 heavy (non-hydrogen) atoms. The van der Waals surface area contributed by atoms with Gasteiger partial charge in [0.05, 0.1) is 6.04 Å². The van der Waals surface area contributed by atoms with Crippen LogP contribution in [0.1, 0.15) is 30.3 Å². The number of aromatic nitrogens is 1. The van der Waals surface area contributed by atoms with Crippen molar-refractivity contribution in [1.29, 1.82) is 0 Å². The fourth-order valence-electron chi connectivity index (χ4n) is 2.48. The highest BCUT2D eigenvalue weighted by Crippen LogP contribution is 2.33. The van der Waals surface area contributed by atoms with E-state index in [1.54, 1.807) is 0 Å². The Labute approximate surface area is 95.1 Å². The van der Waals surface area contributed by atoms with Crippen LogP contribution in [0, 0.1) is 6.92 Å². The number of hydrogen-bond acceptors (Lipinski definition) is 3. The number of rotatable bonds is 1. The van der Waals surface area contributed by atoms with Crippen molar-refractivity contribution in [2.75, 3.05) is 13.6 Å². The zero-order chi connectivity index (χ0) is 11.1. The SMILES string of the molecule is Cc1ccc2oc(C3CCCN3C)cc2n1. The summed E-state index contributed by atoms with van der Waals surface area (Å²) in [7, 11) is 2.16. The Kier molecular flexibility index (Phi) is 2.21. The van der Waals surface area contributed by atoms with Gasteiger partial charge in [0.15, 0.2) is 5.58 Å². The van der Waals surface area contributed by atoms with Crippen LogP contribution < -0.4 is 0 Å². The van der Waals surface area contributed by atoms with Crippen molar-refractivity contribution >= 4 is 11.1 Å². The molecular weight excluding hydrogens is 200 g/mol. The molecule has 1 aliphatic heterocycles. The van der Waals surface area contributed by atoms with Gasteiger partial charge in [0, 0.05) is 11.8 Å². The molecule has 0 saturated carbocycles. The first-order valence-corrected chi connectivity index (χ1v) is 5.81. The minimum Gasteiger partial charge on any atom is -0.458 e. The number of furan rings is 1. The van der Waals surface area contributed by atoms with Crippen LogP contribution in [-0.2, 0) is 0 Å². The van der Waals surface area contributed by atoms with E-state index in [1.807, 2.05) is 19.1 Å². The molecule has 0 aromatic carbocycles. The number of pyridine rings is 1. The number of aryl methyl sites for hydroxylation is 1. The van der Waals surface area contributed by atoms with E-state index in [9.17, 15) is 0 Å². The predicted octanol–water partition coefficient (Wildman–Crippen LogP) is 2.90. The largest absolute Gasteiger partial charge is 0.458 e. The first-order chi connectivity index (χ1) is 7.74. The van der Waals surface area contributed by atoms with Crippen LogP contribution in [0.25, 0.3) is 11.1 Å². The highest BCUT2D eigenvalue weighted by molar-refractivity contribution is 5.73. The van der Waals surface area contributed by atoms with E-state index < -0.39 is 0 Å². The Morgan fingerprint density at radius 1 is 1.44 bits per heavy atom. The quantitative estimate of drug-likeness (QED) is 0.734.